The van der Waals surface area contributed by atoms with Crippen LogP contribution in [0.5, 0.6) is 0 Å². The van der Waals surface area contributed by atoms with Gasteiger partial charge in [0.15, 0.2) is 0 Å². The lowest BCUT2D eigenvalue weighted by atomic mass is 10.1. The highest BCUT2D eigenvalue weighted by molar-refractivity contribution is 7.92. The van der Waals surface area contributed by atoms with Crippen LogP contribution in [-0.4, -0.2) is 44.3 Å². The van der Waals surface area contributed by atoms with Crippen LogP contribution in [0.25, 0.3) is 0 Å². The zero-order chi connectivity index (χ0) is 29.6. The minimum absolute atomic E-state index is 0.0561. The first-order valence-corrected chi connectivity index (χ1v) is 15.3. The average Bonchev–Trinajstić information content (AvgIpc) is 2.90. The third-order valence-electron chi connectivity index (χ3n) is 6.79. The Balaban J connectivity index is 2.12. The first-order chi connectivity index (χ1) is 18.9. The van der Waals surface area contributed by atoms with Crippen LogP contribution in [0.2, 0.25) is 10.0 Å². The molecule has 214 valence electrons. The van der Waals surface area contributed by atoms with Gasteiger partial charge >= 0.3 is 0 Å². The van der Waals surface area contributed by atoms with Gasteiger partial charge < -0.3 is 10.2 Å². The number of anilines is 1. The monoisotopic (exact) mass is 603 g/mol. The van der Waals surface area contributed by atoms with Gasteiger partial charge in [-0.3, -0.25) is 13.9 Å². The zero-order valence-corrected chi connectivity index (χ0v) is 25.7. The molecule has 3 aromatic rings. The van der Waals surface area contributed by atoms with Gasteiger partial charge in [-0.05, 0) is 81.6 Å². The van der Waals surface area contributed by atoms with Crippen molar-refractivity contribution >= 4 is 50.7 Å². The third-order valence-corrected chi connectivity index (χ3v) is 9.29. The topological polar surface area (TPSA) is 86.8 Å². The number of benzene rings is 3. The van der Waals surface area contributed by atoms with Crippen LogP contribution < -0.4 is 9.62 Å². The van der Waals surface area contributed by atoms with E-state index in [0.717, 1.165) is 21.0 Å². The molecule has 0 fully saturated rings. The number of rotatable bonds is 11. The second-order valence-electron chi connectivity index (χ2n) is 9.63. The van der Waals surface area contributed by atoms with Crippen LogP contribution in [0.1, 0.15) is 42.5 Å². The van der Waals surface area contributed by atoms with Crippen LogP contribution in [0.4, 0.5) is 5.69 Å². The summed E-state index contributed by atoms with van der Waals surface area (Å²) >= 11 is 12.9. The molecule has 0 radical (unpaired) electrons. The van der Waals surface area contributed by atoms with E-state index in [-0.39, 0.29) is 17.3 Å². The summed E-state index contributed by atoms with van der Waals surface area (Å²) in [5, 5.41) is 3.46. The van der Waals surface area contributed by atoms with Crippen molar-refractivity contribution in [2.45, 2.75) is 58.5 Å². The number of nitrogens with zero attached hydrogens (tertiary/aromatic N) is 2. The molecule has 2 amide bonds. The fraction of sp³-hybridized carbons (Fsp3) is 0.333. The van der Waals surface area contributed by atoms with Crippen molar-refractivity contribution in [1.82, 2.24) is 10.2 Å². The molecule has 0 saturated carbocycles. The number of likely N-dealkylation sites (N-methyl/N-ethyl adjacent to an activating group) is 1. The van der Waals surface area contributed by atoms with E-state index in [9.17, 15) is 18.0 Å². The molecule has 3 aromatic carbocycles. The highest BCUT2D eigenvalue weighted by Crippen LogP contribution is 2.29. The quantitative estimate of drug-likeness (QED) is 0.289. The lowest BCUT2D eigenvalue weighted by Gasteiger charge is -2.33. The smallest absolute Gasteiger partial charge is 0.264 e. The molecule has 0 aliphatic heterocycles. The number of amides is 2. The fourth-order valence-corrected chi connectivity index (χ4v) is 6.24. The molecular formula is C30H35Cl2N3O4S. The summed E-state index contributed by atoms with van der Waals surface area (Å²) in [5.74, 6) is -0.913. The summed E-state index contributed by atoms with van der Waals surface area (Å²) < 4.78 is 29.0. The largest absolute Gasteiger partial charge is 0.355 e. The highest BCUT2D eigenvalue weighted by Gasteiger charge is 2.34. The first kappa shape index (κ1) is 31.5. The molecule has 1 atom stereocenters. The van der Waals surface area contributed by atoms with Crippen molar-refractivity contribution in [3.05, 3.63) is 93.0 Å². The Labute approximate surface area is 247 Å². The van der Waals surface area contributed by atoms with Crippen LogP contribution in [0.3, 0.4) is 0 Å². The Kier molecular flexibility index (Phi) is 10.6. The third kappa shape index (κ3) is 7.16. The average molecular weight is 605 g/mol. The van der Waals surface area contributed by atoms with E-state index in [1.54, 1.807) is 56.3 Å². The molecule has 0 aliphatic rings. The second kappa shape index (κ2) is 13.5. The maximum atomic E-state index is 14.1. The van der Waals surface area contributed by atoms with Crippen LogP contribution >= 0.6 is 23.2 Å². The Morgan fingerprint density at radius 2 is 1.52 bits per heavy atom. The highest BCUT2D eigenvalue weighted by atomic mass is 35.5. The zero-order valence-electron chi connectivity index (χ0n) is 23.4. The van der Waals surface area contributed by atoms with Crippen molar-refractivity contribution in [2.75, 3.05) is 17.4 Å². The van der Waals surface area contributed by atoms with Crippen molar-refractivity contribution in [2.24, 2.45) is 0 Å². The predicted molar refractivity (Wildman–Crippen MR) is 161 cm³/mol. The van der Waals surface area contributed by atoms with Crippen LogP contribution in [-0.2, 0) is 26.2 Å². The maximum absolute atomic E-state index is 14.1. The Bertz CT molecular complexity index is 1460. The van der Waals surface area contributed by atoms with Gasteiger partial charge in [-0.2, -0.15) is 0 Å². The van der Waals surface area contributed by atoms with E-state index in [2.05, 4.69) is 5.32 Å². The number of halogens is 2. The van der Waals surface area contributed by atoms with Crippen LogP contribution in [0, 0.1) is 20.8 Å². The normalized spacial score (nSPS) is 12.1. The SMILES string of the molecule is CCNC(=O)[C@@H](CC)N(Cc1c(Cl)cccc1Cl)C(=O)CN(c1ccc(C)c(C)c1)S(=O)(=O)c1ccc(C)cc1. The molecule has 0 bridgehead atoms. The van der Waals surface area contributed by atoms with Gasteiger partial charge in [-0.1, -0.05) is 60.0 Å². The van der Waals surface area contributed by atoms with Gasteiger partial charge in [0, 0.05) is 28.7 Å². The Morgan fingerprint density at radius 3 is 2.08 bits per heavy atom. The molecule has 0 saturated heterocycles. The van der Waals surface area contributed by atoms with Crippen molar-refractivity contribution < 1.29 is 18.0 Å². The standard InChI is InChI=1S/C30H35Cl2N3O4S/c1-6-28(30(37)33-7-2)34(18-25-26(31)9-8-10-27(25)32)29(36)19-35(23-14-13-21(4)22(5)17-23)40(38,39)24-15-11-20(3)12-16-24/h8-17,28H,6-7,18-19H2,1-5H3,(H,33,37)/t28-/m1/s1. The predicted octanol–water partition coefficient (Wildman–Crippen LogP) is 6.06. The summed E-state index contributed by atoms with van der Waals surface area (Å²) in [7, 11) is -4.15. The summed E-state index contributed by atoms with van der Waals surface area (Å²) in [5.41, 5.74) is 3.59. The van der Waals surface area contributed by atoms with Gasteiger partial charge in [0.1, 0.15) is 12.6 Å². The summed E-state index contributed by atoms with van der Waals surface area (Å²) in [4.78, 5) is 28.6. The van der Waals surface area contributed by atoms with Crippen molar-refractivity contribution in [3.8, 4) is 0 Å². The molecule has 0 spiro atoms. The van der Waals surface area contributed by atoms with Gasteiger partial charge in [-0.15, -0.1) is 0 Å². The molecule has 7 nitrogen and oxygen atoms in total. The number of sulfonamides is 1. The first-order valence-electron chi connectivity index (χ1n) is 13.1. The summed E-state index contributed by atoms with van der Waals surface area (Å²) in [6.45, 7) is 9.03. The van der Waals surface area contributed by atoms with E-state index in [1.807, 2.05) is 26.8 Å². The molecule has 0 aliphatic carbocycles. The number of carbonyl (C=O) groups excluding carboxylic acids is 2. The fourth-order valence-electron chi connectivity index (χ4n) is 4.31. The minimum Gasteiger partial charge on any atom is -0.355 e. The van der Waals surface area contributed by atoms with Crippen LogP contribution in [0.15, 0.2) is 65.6 Å². The molecular weight excluding hydrogens is 569 g/mol. The van der Waals surface area contributed by atoms with Gasteiger partial charge in [0.2, 0.25) is 11.8 Å². The molecule has 40 heavy (non-hydrogen) atoms. The maximum Gasteiger partial charge on any atom is 0.264 e. The van der Waals surface area contributed by atoms with Gasteiger partial charge in [0.25, 0.3) is 10.0 Å². The van der Waals surface area contributed by atoms with Gasteiger partial charge in [0.05, 0.1) is 10.6 Å². The summed E-state index contributed by atoms with van der Waals surface area (Å²) in [6, 6.07) is 15.8. The molecule has 0 unspecified atom stereocenters. The van der Waals surface area contributed by atoms with Crippen molar-refractivity contribution in [1.29, 1.82) is 0 Å². The molecule has 3 rings (SSSR count). The van der Waals surface area contributed by atoms with E-state index in [1.165, 1.54) is 17.0 Å². The Morgan fingerprint density at radius 1 is 0.900 bits per heavy atom. The second-order valence-corrected chi connectivity index (χ2v) is 12.3. The lowest BCUT2D eigenvalue weighted by molar-refractivity contribution is -0.140. The lowest BCUT2D eigenvalue weighted by Crippen LogP contribution is -2.52. The van der Waals surface area contributed by atoms with E-state index in [0.29, 0.717) is 34.3 Å². The number of hydrogen-bond donors (Lipinski definition) is 1. The number of nitrogens with one attached hydrogen (secondary N) is 1. The molecule has 0 heterocycles. The Hall–Kier alpha value is -3.07. The molecule has 0 aromatic heterocycles. The number of carbonyl (C=O) groups is 2. The molecule has 10 heteroatoms. The molecule has 1 N–H and O–H groups in total. The van der Waals surface area contributed by atoms with E-state index < -0.39 is 28.5 Å². The minimum atomic E-state index is -4.15. The number of hydrogen-bond acceptors (Lipinski definition) is 4. The van der Waals surface area contributed by atoms with Gasteiger partial charge in [-0.25, -0.2) is 8.42 Å². The van der Waals surface area contributed by atoms with Crippen molar-refractivity contribution in [3.63, 3.8) is 0 Å². The summed E-state index contributed by atoms with van der Waals surface area (Å²) in [6.07, 6.45) is 0.300. The number of aryl methyl sites for hydroxylation is 3. The van der Waals surface area contributed by atoms with E-state index >= 15 is 0 Å². The van der Waals surface area contributed by atoms with E-state index in [4.69, 9.17) is 23.2 Å².